The van der Waals surface area contributed by atoms with E-state index in [9.17, 15) is 0 Å². The normalized spacial score (nSPS) is 18.2. The van der Waals surface area contributed by atoms with E-state index in [4.69, 9.17) is 0 Å². The Labute approximate surface area is 113 Å². The molecule has 0 saturated carbocycles. The van der Waals surface area contributed by atoms with Gasteiger partial charge >= 0.3 is 0 Å². The van der Waals surface area contributed by atoms with Gasteiger partial charge in [0, 0.05) is 31.2 Å². The van der Waals surface area contributed by atoms with Gasteiger partial charge in [-0.15, -0.1) is 11.3 Å². The predicted octanol–water partition coefficient (Wildman–Crippen LogP) is 2.26. The molecule has 18 heavy (non-hydrogen) atoms. The first-order chi connectivity index (χ1) is 8.69. The van der Waals surface area contributed by atoms with E-state index in [1.54, 1.807) is 11.3 Å². The minimum Gasteiger partial charge on any atom is -0.350 e. The topological polar surface area (TPSA) is 40.5 Å². The SMILES string of the molecule is CN=C(NCc1ncc(C)s1)N1CCC(C)CC1. The summed E-state index contributed by atoms with van der Waals surface area (Å²) in [6, 6.07) is 0. The minimum atomic E-state index is 0.775. The fraction of sp³-hybridized carbons (Fsp3) is 0.692. The Balaban J connectivity index is 1.86. The van der Waals surface area contributed by atoms with Gasteiger partial charge in [-0.2, -0.15) is 0 Å². The molecule has 0 aromatic carbocycles. The Kier molecular flexibility index (Phi) is 4.58. The molecule has 1 aromatic rings. The number of nitrogens with one attached hydrogen (secondary N) is 1. The van der Waals surface area contributed by atoms with Gasteiger partial charge in [-0.1, -0.05) is 6.92 Å². The Hall–Kier alpha value is -1.10. The molecule has 0 amide bonds. The fourth-order valence-corrected chi connectivity index (χ4v) is 2.92. The highest BCUT2D eigenvalue weighted by Gasteiger charge is 2.18. The molecule has 0 bridgehead atoms. The van der Waals surface area contributed by atoms with Crippen LogP contribution >= 0.6 is 11.3 Å². The van der Waals surface area contributed by atoms with Gasteiger partial charge in [0.05, 0.1) is 6.54 Å². The summed E-state index contributed by atoms with van der Waals surface area (Å²) in [6.07, 6.45) is 4.45. The monoisotopic (exact) mass is 266 g/mol. The summed E-state index contributed by atoms with van der Waals surface area (Å²) >= 11 is 1.74. The van der Waals surface area contributed by atoms with Crippen molar-refractivity contribution in [1.82, 2.24) is 15.2 Å². The first-order valence-electron chi connectivity index (χ1n) is 6.56. The summed E-state index contributed by atoms with van der Waals surface area (Å²) in [4.78, 5) is 12.3. The van der Waals surface area contributed by atoms with Crippen molar-refractivity contribution in [3.05, 3.63) is 16.1 Å². The van der Waals surface area contributed by atoms with Crippen LogP contribution < -0.4 is 5.32 Å². The smallest absolute Gasteiger partial charge is 0.193 e. The van der Waals surface area contributed by atoms with Gasteiger partial charge in [0.25, 0.3) is 0 Å². The van der Waals surface area contributed by atoms with Crippen molar-refractivity contribution in [2.45, 2.75) is 33.2 Å². The van der Waals surface area contributed by atoms with Gasteiger partial charge in [0.2, 0.25) is 0 Å². The molecule has 1 N–H and O–H groups in total. The largest absolute Gasteiger partial charge is 0.350 e. The molecule has 0 aliphatic carbocycles. The van der Waals surface area contributed by atoms with Gasteiger partial charge in [-0.05, 0) is 25.7 Å². The maximum absolute atomic E-state index is 4.37. The zero-order chi connectivity index (χ0) is 13.0. The molecule has 0 atom stereocenters. The van der Waals surface area contributed by atoms with E-state index in [0.717, 1.165) is 36.5 Å². The molecule has 1 aliphatic rings. The third-order valence-corrected chi connectivity index (χ3v) is 4.27. The second-order valence-corrected chi connectivity index (χ2v) is 6.25. The lowest BCUT2D eigenvalue weighted by Gasteiger charge is -2.32. The van der Waals surface area contributed by atoms with Crippen LogP contribution in [0, 0.1) is 12.8 Å². The Morgan fingerprint density at radius 3 is 2.83 bits per heavy atom. The maximum atomic E-state index is 4.37. The number of likely N-dealkylation sites (tertiary alicyclic amines) is 1. The molecule has 0 spiro atoms. The Morgan fingerprint density at radius 2 is 2.28 bits per heavy atom. The van der Waals surface area contributed by atoms with Gasteiger partial charge in [-0.3, -0.25) is 4.99 Å². The summed E-state index contributed by atoms with van der Waals surface area (Å²) in [7, 11) is 1.85. The van der Waals surface area contributed by atoms with Crippen LogP contribution in [0.3, 0.4) is 0 Å². The van der Waals surface area contributed by atoms with Crippen LogP contribution in [0.25, 0.3) is 0 Å². The highest BCUT2D eigenvalue weighted by atomic mass is 32.1. The summed E-state index contributed by atoms with van der Waals surface area (Å²) in [5.74, 6) is 1.86. The second-order valence-electron chi connectivity index (χ2n) is 4.93. The number of piperidine rings is 1. The molecule has 1 aromatic heterocycles. The molecule has 1 saturated heterocycles. The highest BCUT2D eigenvalue weighted by Crippen LogP contribution is 2.16. The van der Waals surface area contributed by atoms with Crippen LogP contribution in [0.1, 0.15) is 29.7 Å². The first kappa shape index (κ1) is 13.3. The van der Waals surface area contributed by atoms with Crippen LogP contribution in [0.15, 0.2) is 11.2 Å². The molecule has 1 fully saturated rings. The van der Waals surface area contributed by atoms with E-state index < -0.39 is 0 Å². The van der Waals surface area contributed by atoms with Gasteiger partial charge < -0.3 is 10.2 Å². The van der Waals surface area contributed by atoms with Crippen LogP contribution in [-0.4, -0.2) is 36.0 Å². The number of rotatable bonds is 2. The number of thiazole rings is 1. The number of aliphatic imine (C=N–C) groups is 1. The number of aromatic nitrogens is 1. The molecule has 0 radical (unpaired) electrons. The van der Waals surface area contributed by atoms with E-state index in [0.29, 0.717) is 0 Å². The lowest BCUT2D eigenvalue weighted by molar-refractivity contribution is 0.273. The number of nitrogens with zero attached hydrogens (tertiary/aromatic N) is 3. The molecular formula is C13H22N4S. The van der Waals surface area contributed by atoms with Crippen molar-refractivity contribution in [2.75, 3.05) is 20.1 Å². The second kappa shape index (κ2) is 6.18. The quantitative estimate of drug-likeness (QED) is 0.659. The first-order valence-corrected chi connectivity index (χ1v) is 7.37. The average Bonchev–Trinajstić information content (AvgIpc) is 2.78. The van der Waals surface area contributed by atoms with E-state index in [1.165, 1.54) is 17.7 Å². The number of hydrogen-bond donors (Lipinski definition) is 1. The van der Waals surface area contributed by atoms with Crippen molar-refractivity contribution < 1.29 is 0 Å². The number of hydrogen-bond acceptors (Lipinski definition) is 3. The van der Waals surface area contributed by atoms with Crippen molar-refractivity contribution in [2.24, 2.45) is 10.9 Å². The van der Waals surface area contributed by atoms with Crippen molar-refractivity contribution in [3.8, 4) is 0 Å². The van der Waals surface area contributed by atoms with E-state index >= 15 is 0 Å². The van der Waals surface area contributed by atoms with Crippen molar-refractivity contribution in [1.29, 1.82) is 0 Å². The van der Waals surface area contributed by atoms with Gasteiger partial charge in [-0.25, -0.2) is 4.98 Å². The number of guanidine groups is 1. The molecule has 4 nitrogen and oxygen atoms in total. The zero-order valence-electron chi connectivity index (χ0n) is 11.4. The predicted molar refractivity (Wildman–Crippen MR) is 77.0 cm³/mol. The lowest BCUT2D eigenvalue weighted by atomic mass is 10.00. The Morgan fingerprint density at radius 1 is 1.56 bits per heavy atom. The molecule has 2 rings (SSSR count). The molecular weight excluding hydrogens is 244 g/mol. The zero-order valence-corrected chi connectivity index (χ0v) is 12.3. The molecule has 5 heteroatoms. The van der Waals surface area contributed by atoms with Crippen LogP contribution in [0.4, 0.5) is 0 Å². The summed E-state index contributed by atoms with van der Waals surface area (Å²) in [6.45, 7) is 7.40. The molecule has 2 heterocycles. The minimum absolute atomic E-state index is 0.775. The van der Waals surface area contributed by atoms with Gasteiger partial charge in [0.1, 0.15) is 5.01 Å². The van der Waals surface area contributed by atoms with E-state index in [1.807, 2.05) is 13.2 Å². The van der Waals surface area contributed by atoms with Crippen LogP contribution in [0.2, 0.25) is 0 Å². The summed E-state index contributed by atoms with van der Waals surface area (Å²) in [5.41, 5.74) is 0. The van der Waals surface area contributed by atoms with E-state index in [-0.39, 0.29) is 0 Å². The average molecular weight is 266 g/mol. The number of aryl methyl sites for hydroxylation is 1. The molecule has 100 valence electrons. The third-order valence-electron chi connectivity index (χ3n) is 3.36. The third kappa shape index (κ3) is 3.45. The maximum Gasteiger partial charge on any atom is 0.193 e. The van der Waals surface area contributed by atoms with Crippen LogP contribution in [0.5, 0.6) is 0 Å². The summed E-state index contributed by atoms with van der Waals surface area (Å²) in [5, 5.41) is 4.53. The van der Waals surface area contributed by atoms with Crippen molar-refractivity contribution in [3.63, 3.8) is 0 Å². The van der Waals surface area contributed by atoms with Gasteiger partial charge in [0.15, 0.2) is 5.96 Å². The highest BCUT2D eigenvalue weighted by molar-refractivity contribution is 7.11. The van der Waals surface area contributed by atoms with Crippen molar-refractivity contribution >= 4 is 17.3 Å². The molecule has 0 unspecified atom stereocenters. The standard InChI is InChI=1S/C13H22N4S/c1-10-4-6-17(7-5-10)13(14-3)16-9-12-15-8-11(2)18-12/h8,10H,4-7,9H2,1-3H3,(H,14,16). The lowest BCUT2D eigenvalue weighted by Crippen LogP contribution is -2.45. The van der Waals surface area contributed by atoms with Crippen LogP contribution in [-0.2, 0) is 6.54 Å². The fourth-order valence-electron chi connectivity index (χ4n) is 2.19. The van der Waals surface area contributed by atoms with E-state index in [2.05, 4.69) is 34.0 Å². The summed E-state index contributed by atoms with van der Waals surface area (Å²) < 4.78 is 0. The Bertz CT molecular complexity index is 405. The molecule has 1 aliphatic heterocycles.